The van der Waals surface area contributed by atoms with Crippen molar-refractivity contribution in [3.05, 3.63) is 17.3 Å². The smallest absolute Gasteiger partial charge is 0.358 e. The first kappa shape index (κ1) is 8.45. The van der Waals surface area contributed by atoms with Crippen molar-refractivity contribution < 1.29 is 9.53 Å². The Bertz CT molecular complexity index is 312. The van der Waals surface area contributed by atoms with Crippen molar-refractivity contribution in [1.82, 2.24) is 10.2 Å². The largest absolute Gasteiger partial charge is 0.464 e. The maximum Gasteiger partial charge on any atom is 0.358 e. The predicted octanol–water partition coefficient (Wildman–Crippen LogP) is 0.154. The topological polar surface area (TPSA) is 78.1 Å². The molecule has 0 unspecified atom stereocenters. The molecule has 12 heavy (non-hydrogen) atoms. The summed E-state index contributed by atoms with van der Waals surface area (Å²) >= 11 is 0. The Morgan fingerprint density at radius 3 is 2.75 bits per heavy atom. The molecule has 0 spiro atoms. The number of anilines is 1. The van der Waals surface area contributed by atoms with Crippen LogP contribution in [0.15, 0.2) is 6.07 Å². The van der Waals surface area contributed by atoms with E-state index in [0.29, 0.717) is 11.4 Å². The van der Waals surface area contributed by atoms with E-state index in [1.165, 1.54) is 7.11 Å². The molecule has 1 aromatic heterocycles. The van der Waals surface area contributed by atoms with Crippen LogP contribution < -0.4 is 5.73 Å². The summed E-state index contributed by atoms with van der Waals surface area (Å²) in [5, 5.41) is 7.13. The van der Waals surface area contributed by atoms with Crippen LogP contribution in [0.25, 0.3) is 0 Å². The van der Waals surface area contributed by atoms with Gasteiger partial charge in [0.1, 0.15) is 5.82 Å². The molecule has 0 atom stereocenters. The molecule has 0 aliphatic heterocycles. The van der Waals surface area contributed by atoms with E-state index in [1.54, 1.807) is 13.0 Å². The van der Waals surface area contributed by atoms with E-state index < -0.39 is 5.97 Å². The van der Waals surface area contributed by atoms with Crippen LogP contribution in [0.5, 0.6) is 0 Å². The highest BCUT2D eigenvalue weighted by Gasteiger charge is 2.11. The zero-order chi connectivity index (χ0) is 9.14. The fraction of sp³-hybridized carbons (Fsp3) is 0.286. The number of carbonyl (C=O) groups excluding carboxylic acids is 1. The first-order valence-electron chi connectivity index (χ1n) is 3.33. The van der Waals surface area contributed by atoms with Crippen LogP contribution in [0.2, 0.25) is 0 Å². The summed E-state index contributed by atoms with van der Waals surface area (Å²) in [4.78, 5) is 11.0. The lowest BCUT2D eigenvalue weighted by molar-refractivity contribution is 0.0592. The van der Waals surface area contributed by atoms with Crippen LogP contribution in [0.3, 0.4) is 0 Å². The Hall–Kier alpha value is -1.65. The molecule has 1 heterocycles. The van der Waals surface area contributed by atoms with Crippen LogP contribution in [0.4, 0.5) is 5.82 Å². The number of esters is 1. The zero-order valence-corrected chi connectivity index (χ0v) is 6.87. The van der Waals surface area contributed by atoms with Crippen molar-refractivity contribution in [2.45, 2.75) is 6.92 Å². The van der Waals surface area contributed by atoms with Crippen molar-refractivity contribution in [3.8, 4) is 0 Å². The van der Waals surface area contributed by atoms with Crippen LogP contribution in [-0.2, 0) is 4.74 Å². The van der Waals surface area contributed by atoms with Gasteiger partial charge in [0.05, 0.1) is 7.11 Å². The summed E-state index contributed by atoms with van der Waals surface area (Å²) < 4.78 is 4.47. The van der Waals surface area contributed by atoms with Gasteiger partial charge in [-0.2, -0.15) is 0 Å². The van der Waals surface area contributed by atoms with E-state index in [9.17, 15) is 4.79 Å². The monoisotopic (exact) mass is 167 g/mol. The van der Waals surface area contributed by atoms with Gasteiger partial charge in [-0.1, -0.05) is 0 Å². The first-order chi connectivity index (χ1) is 5.65. The number of aryl methyl sites for hydroxylation is 1. The molecule has 2 N–H and O–H groups in total. The summed E-state index contributed by atoms with van der Waals surface area (Å²) in [6, 6.07) is 1.57. The number of carbonyl (C=O) groups is 1. The Balaban J connectivity index is 3.09. The standard InChI is InChI=1S/C7H9N3O2/c1-4-3-5(8)9-10-6(4)7(11)12-2/h3H,1-2H3,(H2,8,9). The molecule has 0 saturated heterocycles. The molecule has 64 valence electrons. The SMILES string of the molecule is COC(=O)c1nnc(N)cc1C. The second-order valence-electron chi connectivity index (χ2n) is 2.29. The highest BCUT2D eigenvalue weighted by molar-refractivity contribution is 5.88. The average Bonchev–Trinajstić information content (AvgIpc) is 2.03. The fourth-order valence-electron chi connectivity index (χ4n) is 0.804. The number of hydrogen-bond acceptors (Lipinski definition) is 5. The lowest BCUT2D eigenvalue weighted by Crippen LogP contribution is -2.09. The molecule has 0 fully saturated rings. The molecule has 0 amide bonds. The minimum absolute atomic E-state index is 0.201. The third-order valence-corrected chi connectivity index (χ3v) is 1.38. The van der Waals surface area contributed by atoms with Gasteiger partial charge in [-0.05, 0) is 18.6 Å². The van der Waals surface area contributed by atoms with Gasteiger partial charge in [-0.3, -0.25) is 0 Å². The molecule has 0 bridgehead atoms. The maximum atomic E-state index is 11.0. The molecule has 0 aliphatic carbocycles. The number of nitrogens with zero attached hydrogens (tertiary/aromatic N) is 2. The molecule has 0 saturated carbocycles. The van der Waals surface area contributed by atoms with Crippen molar-refractivity contribution in [3.63, 3.8) is 0 Å². The number of methoxy groups -OCH3 is 1. The second kappa shape index (κ2) is 3.17. The molecule has 5 nitrogen and oxygen atoms in total. The predicted molar refractivity (Wildman–Crippen MR) is 42.5 cm³/mol. The average molecular weight is 167 g/mol. The maximum absolute atomic E-state index is 11.0. The van der Waals surface area contributed by atoms with Crippen molar-refractivity contribution >= 4 is 11.8 Å². The van der Waals surface area contributed by atoms with Gasteiger partial charge in [0.2, 0.25) is 0 Å². The Morgan fingerprint density at radius 2 is 2.25 bits per heavy atom. The fourth-order valence-corrected chi connectivity index (χ4v) is 0.804. The Morgan fingerprint density at radius 1 is 1.58 bits per heavy atom. The molecule has 0 radical (unpaired) electrons. The molecule has 1 aromatic rings. The van der Waals surface area contributed by atoms with E-state index in [0.717, 1.165) is 0 Å². The van der Waals surface area contributed by atoms with E-state index in [-0.39, 0.29) is 5.69 Å². The van der Waals surface area contributed by atoms with Gasteiger partial charge < -0.3 is 10.5 Å². The van der Waals surface area contributed by atoms with E-state index in [1.807, 2.05) is 0 Å². The summed E-state index contributed by atoms with van der Waals surface area (Å²) in [7, 11) is 1.29. The zero-order valence-electron chi connectivity index (χ0n) is 6.87. The lowest BCUT2D eigenvalue weighted by Gasteiger charge is -2.00. The lowest BCUT2D eigenvalue weighted by atomic mass is 10.2. The molecular formula is C7H9N3O2. The van der Waals surface area contributed by atoms with E-state index in [4.69, 9.17) is 5.73 Å². The van der Waals surface area contributed by atoms with Gasteiger partial charge in [-0.25, -0.2) is 4.79 Å². The van der Waals surface area contributed by atoms with Gasteiger partial charge in [-0.15, -0.1) is 10.2 Å². The second-order valence-corrected chi connectivity index (χ2v) is 2.29. The van der Waals surface area contributed by atoms with Gasteiger partial charge in [0, 0.05) is 0 Å². The molecular weight excluding hydrogens is 158 g/mol. The number of rotatable bonds is 1. The highest BCUT2D eigenvalue weighted by Crippen LogP contribution is 2.06. The Labute approximate surface area is 69.5 Å². The number of ether oxygens (including phenoxy) is 1. The van der Waals surface area contributed by atoms with Crippen LogP contribution in [0, 0.1) is 6.92 Å². The number of hydrogen-bond donors (Lipinski definition) is 1. The van der Waals surface area contributed by atoms with Crippen molar-refractivity contribution in [1.29, 1.82) is 0 Å². The summed E-state index contributed by atoms with van der Waals surface area (Å²) in [5.74, 6) is -0.208. The van der Waals surface area contributed by atoms with E-state index in [2.05, 4.69) is 14.9 Å². The molecule has 0 aromatic carbocycles. The van der Waals surface area contributed by atoms with Crippen LogP contribution in [0.1, 0.15) is 16.1 Å². The minimum atomic E-state index is -0.500. The molecule has 5 heteroatoms. The third kappa shape index (κ3) is 1.50. The quantitative estimate of drug-likeness (QED) is 0.602. The van der Waals surface area contributed by atoms with E-state index >= 15 is 0 Å². The van der Waals surface area contributed by atoms with Gasteiger partial charge in [0.15, 0.2) is 5.69 Å². The minimum Gasteiger partial charge on any atom is -0.464 e. The number of nitrogen functional groups attached to an aromatic ring is 1. The first-order valence-corrected chi connectivity index (χ1v) is 3.33. The molecule has 1 rings (SSSR count). The van der Waals surface area contributed by atoms with Gasteiger partial charge >= 0.3 is 5.97 Å². The summed E-state index contributed by atoms with van der Waals surface area (Å²) in [5.41, 5.74) is 6.21. The van der Waals surface area contributed by atoms with Crippen LogP contribution in [-0.4, -0.2) is 23.3 Å². The van der Waals surface area contributed by atoms with Crippen molar-refractivity contribution in [2.24, 2.45) is 0 Å². The summed E-state index contributed by atoms with van der Waals surface area (Å²) in [6.07, 6.45) is 0. The third-order valence-electron chi connectivity index (χ3n) is 1.38. The molecule has 0 aliphatic rings. The highest BCUT2D eigenvalue weighted by atomic mass is 16.5. The van der Waals surface area contributed by atoms with Gasteiger partial charge in [0.25, 0.3) is 0 Å². The number of nitrogens with two attached hydrogens (primary N) is 1. The van der Waals surface area contributed by atoms with Crippen LogP contribution >= 0.6 is 0 Å². The number of aromatic nitrogens is 2. The Kier molecular flexibility index (Phi) is 2.23. The normalized spacial score (nSPS) is 9.50. The summed E-state index contributed by atoms with van der Waals surface area (Å²) in [6.45, 7) is 1.72. The van der Waals surface area contributed by atoms with Crippen molar-refractivity contribution in [2.75, 3.05) is 12.8 Å².